The van der Waals surface area contributed by atoms with Gasteiger partial charge >= 0.3 is 12.1 Å². The summed E-state index contributed by atoms with van der Waals surface area (Å²) in [6.07, 6.45) is -4.36. The molecule has 0 aromatic heterocycles. The van der Waals surface area contributed by atoms with Crippen LogP contribution in [0.5, 0.6) is 0 Å². The molecule has 1 heterocycles. The average Bonchev–Trinajstić information content (AvgIpc) is 2.87. The molecule has 9 heteroatoms. The molecule has 2 rings (SSSR count). The van der Waals surface area contributed by atoms with Crippen LogP contribution in [0, 0.1) is 12.8 Å². The third-order valence-corrected chi connectivity index (χ3v) is 5.65. The van der Waals surface area contributed by atoms with Crippen molar-refractivity contribution in [2.75, 3.05) is 13.1 Å². The molecular formula is C13H14F3NO4S. The van der Waals surface area contributed by atoms with Gasteiger partial charge in [-0.05, 0) is 37.1 Å². The van der Waals surface area contributed by atoms with E-state index in [1.165, 1.54) is 6.92 Å². The largest absolute Gasteiger partial charge is 0.481 e. The Morgan fingerprint density at radius 2 is 2.00 bits per heavy atom. The van der Waals surface area contributed by atoms with Crippen molar-refractivity contribution in [2.24, 2.45) is 5.92 Å². The van der Waals surface area contributed by atoms with Gasteiger partial charge in [0.15, 0.2) is 0 Å². The first-order chi connectivity index (χ1) is 10.0. The highest BCUT2D eigenvalue weighted by atomic mass is 32.2. The second kappa shape index (κ2) is 5.54. The number of aryl methyl sites for hydroxylation is 1. The van der Waals surface area contributed by atoms with E-state index in [-0.39, 0.29) is 30.0 Å². The number of carboxylic acid groups (broad SMARTS) is 1. The Morgan fingerprint density at radius 1 is 1.36 bits per heavy atom. The van der Waals surface area contributed by atoms with Gasteiger partial charge in [0.1, 0.15) is 0 Å². The molecule has 1 N–H and O–H groups in total. The molecule has 122 valence electrons. The van der Waals surface area contributed by atoms with E-state index in [1.807, 2.05) is 0 Å². The predicted octanol–water partition coefficient (Wildman–Crippen LogP) is 2.11. The maximum absolute atomic E-state index is 12.6. The average molecular weight is 337 g/mol. The van der Waals surface area contributed by atoms with Crippen molar-refractivity contribution in [3.05, 3.63) is 29.3 Å². The van der Waals surface area contributed by atoms with E-state index in [9.17, 15) is 26.4 Å². The van der Waals surface area contributed by atoms with Gasteiger partial charge in [0.05, 0.1) is 16.4 Å². The number of benzene rings is 1. The van der Waals surface area contributed by atoms with Crippen molar-refractivity contribution in [3.63, 3.8) is 0 Å². The molecular weight excluding hydrogens is 323 g/mol. The maximum Gasteiger partial charge on any atom is 0.416 e. The van der Waals surface area contributed by atoms with E-state index < -0.39 is 33.7 Å². The number of hydrogen-bond donors (Lipinski definition) is 1. The van der Waals surface area contributed by atoms with E-state index in [0.717, 1.165) is 16.4 Å². The van der Waals surface area contributed by atoms with Gasteiger partial charge in [-0.3, -0.25) is 4.79 Å². The molecule has 0 amide bonds. The summed E-state index contributed by atoms with van der Waals surface area (Å²) in [5.41, 5.74) is -0.942. The van der Waals surface area contributed by atoms with Gasteiger partial charge < -0.3 is 5.11 Å². The van der Waals surface area contributed by atoms with Crippen molar-refractivity contribution >= 4 is 16.0 Å². The van der Waals surface area contributed by atoms with E-state index >= 15 is 0 Å². The van der Waals surface area contributed by atoms with Crippen LogP contribution in [0.25, 0.3) is 0 Å². The summed E-state index contributed by atoms with van der Waals surface area (Å²) in [7, 11) is -4.00. The van der Waals surface area contributed by atoms with Crippen LogP contribution < -0.4 is 0 Å². The zero-order valence-electron chi connectivity index (χ0n) is 11.6. The Balaban J connectivity index is 2.33. The Bertz CT molecular complexity index is 700. The molecule has 1 aliphatic rings. The molecule has 0 radical (unpaired) electrons. The second-order valence-corrected chi connectivity index (χ2v) is 7.07. The highest BCUT2D eigenvalue weighted by Gasteiger charge is 2.37. The first-order valence-electron chi connectivity index (χ1n) is 6.44. The summed E-state index contributed by atoms with van der Waals surface area (Å²) in [6.45, 7) is 1.16. The smallest absolute Gasteiger partial charge is 0.416 e. The topological polar surface area (TPSA) is 74.7 Å². The number of hydrogen-bond acceptors (Lipinski definition) is 3. The lowest BCUT2D eigenvalue weighted by molar-refractivity contribution is -0.141. The number of rotatable bonds is 3. The zero-order chi connectivity index (χ0) is 16.7. The monoisotopic (exact) mass is 337 g/mol. The first kappa shape index (κ1) is 16.8. The van der Waals surface area contributed by atoms with Gasteiger partial charge in [-0.1, -0.05) is 0 Å². The molecule has 0 spiro atoms. The minimum Gasteiger partial charge on any atom is -0.481 e. The summed E-state index contributed by atoms with van der Waals surface area (Å²) in [5, 5.41) is 8.90. The van der Waals surface area contributed by atoms with Crippen molar-refractivity contribution in [2.45, 2.75) is 24.4 Å². The minimum atomic E-state index is -4.55. The summed E-state index contributed by atoms with van der Waals surface area (Å²) in [4.78, 5) is 10.7. The van der Waals surface area contributed by atoms with Gasteiger partial charge in [0.2, 0.25) is 10.0 Å². The number of alkyl halides is 3. The van der Waals surface area contributed by atoms with Crippen LogP contribution in [0.3, 0.4) is 0 Å². The highest BCUT2D eigenvalue weighted by Crippen LogP contribution is 2.33. The fraction of sp³-hybridized carbons (Fsp3) is 0.462. The van der Waals surface area contributed by atoms with Gasteiger partial charge in [0.25, 0.3) is 0 Å². The lowest BCUT2D eigenvalue weighted by Crippen LogP contribution is -2.30. The Morgan fingerprint density at radius 3 is 2.45 bits per heavy atom. The lowest BCUT2D eigenvalue weighted by Gasteiger charge is -2.18. The van der Waals surface area contributed by atoms with Crippen molar-refractivity contribution in [1.29, 1.82) is 0 Å². The Hall–Kier alpha value is -1.61. The first-order valence-corrected chi connectivity index (χ1v) is 7.88. The number of nitrogens with zero attached hydrogens (tertiary/aromatic N) is 1. The van der Waals surface area contributed by atoms with Crippen LogP contribution in [0.4, 0.5) is 13.2 Å². The molecule has 1 fully saturated rings. The van der Waals surface area contributed by atoms with Crippen molar-refractivity contribution in [1.82, 2.24) is 4.31 Å². The van der Waals surface area contributed by atoms with Crippen LogP contribution in [0.15, 0.2) is 23.1 Å². The van der Waals surface area contributed by atoms with Gasteiger partial charge in [-0.2, -0.15) is 17.5 Å². The Labute approximate surface area is 125 Å². The summed E-state index contributed by atoms with van der Waals surface area (Å²) in [5.74, 6) is -1.87. The van der Waals surface area contributed by atoms with Crippen molar-refractivity contribution in [3.8, 4) is 0 Å². The molecule has 22 heavy (non-hydrogen) atoms. The summed E-state index contributed by atoms with van der Waals surface area (Å²) >= 11 is 0. The van der Waals surface area contributed by atoms with Crippen LogP contribution in [-0.4, -0.2) is 36.9 Å². The van der Waals surface area contributed by atoms with Crippen LogP contribution in [0.1, 0.15) is 17.5 Å². The SMILES string of the molecule is Cc1cc(C(F)(F)F)ccc1S(=O)(=O)N1CCC(C(=O)O)C1. The predicted molar refractivity (Wildman–Crippen MR) is 70.7 cm³/mol. The van der Waals surface area contributed by atoms with Crippen molar-refractivity contribution < 1.29 is 31.5 Å². The van der Waals surface area contributed by atoms with Crippen LogP contribution >= 0.6 is 0 Å². The van der Waals surface area contributed by atoms with E-state index in [2.05, 4.69) is 0 Å². The molecule has 1 aromatic rings. The molecule has 0 saturated carbocycles. The standard InChI is InChI=1S/C13H14F3NO4S/c1-8-6-10(13(14,15)16)2-3-11(8)22(20,21)17-5-4-9(7-17)12(18)19/h2-3,6,9H,4-5,7H2,1H3,(H,18,19). The van der Waals surface area contributed by atoms with Crippen LogP contribution in [-0.2, 0) is 21.0 Å². The molecule has 1 unspecified atom stereocenters. The molecule has 1 aromatic carbocycles. The Kier molecular flexibility index (Phi) is 4.22. The lowest BCUT2D eigenvalue weighted by atomic mass is 10.1. The fourth-order valence-electron chi connectivity index (χ4n) is 2.40. The minimum absolute atomic E-state index is 0.0198. The zero-order valence-corrected chi connectivity index (χ0v) is 12.4. The molecule has 1 aliphatic heterocycles. The third-order valence-electron chi connectivity index (χ3n) is 3.62. The summed E-state index contributed by atoms with van der Waals surface area (Å²) in [6, 6.07) is 2.41. The number of aliphatic carboxylic acids is 1. The second-order valence-electron chi connectivity index (χ2n) is 5.16. The molecule has 1 saturated heterocycles. The highest BCUT2D eigenvalue weighted by molar-refractivity contribution is 7.89. The number of sulfonamides is 1. The fourth-order valence-corrected chi connectivity index (χ4v) is 4.11. The molecule has 0 aliphatic carbocycles. The van der Waals surface area contributed by atoms with E-state index in [0.29, 0.717) is 6.07 Å². The quantitative estimate of drug-likeness (QED) is 0.917. The van der Waals surface area contributed by atoms with E-state index in [1.54, 1.807) is 0 Å². The van der Waals surface area contributed by atoms with Gasteiger partial charge in [-0.25, -0.2) is 8.42 Å². The van der Waals surface area contributed by atoms with Gasteiger partial charge in [0, 0.05) is 13.1 Å². The summed E-state index contributed by atoms with van der Waals surface area (Å²) < 4.78 is 63.7. The maximum atomic E-state index is 12.6. The number of carboxylic acids is 1. The number of carbonyl (C=O) groups is 1. The van der Waals surface area contributed by atoms with E-state index in [4.69, 9.17) is 5.11 Å². The third kappa shape index (κ3) is 3.09. The molecule has 1 atom stereocenters. The molecule has 0 bridgehead atoms. The van der Waals surface area contributed by atoms with Crippen LogP contribution in [0.2, 0.25) is 0 Å². The number of halogens is 3. The molecule has 5 nitrogen and oxygen atoms in total. The normalized spacial score (nSPS) is 20.3. The van der Waals surface area contributed by atoms with Gasteiger partial charge in [-0.15, -0.1) is 0 Å².